The molecule has 29 heavy (non-hydrogen) atoms. The Morgan fingerprint density at radius 1 is 0.931 bits per heavy atom. The van der Waals surface area contributed by atoms with Crippen molar-refractivity contribution in [2.45, 2.75) is 36.0 Å². The average molecular weight is 470 g/mol. The number of rotatable bonds is 3. The molecular formula is C22H20BrN3O2S. The lowest BCUT2D eigenvalue weighted by Gasteiger charge is -2.21. The molecule has 0 radical (unpaired) electrons. The topological polar surface area (TPSA) is 68.0 Å². The molecule has 0 aliphatic heterocycles. The first-order valence-corrected chi connectivity index (χ1v) is 11.1. The van der Waals surface area contributed by atoms with Crippen molar-refractivity contribution in [1.82, 2.24) is 15.0 Å². The van der Waals surface area contributed by atoms with Crippen LogP contribution < -0.4 is 0 Å². The highest BCUT2D eigenvalue weighted by Crippen LogP contribution is 2.34. The molecule has 1 N–H and O–H groups in total. The molecule has 5 nitrogen and oxygen atoms in total. The molecule has 0 spiro atoms. The number of fused-ring (bicyclic) bond motifs is 1. The van der Waals surface area contributed by atoms with Gasteiger partial charge in [-0.3, -0.25) is 0 Å². The highest BCUT2D eigenvalue weighted by Gasteiger charge is 2.21. The van der Waals surface area contributed by atoms with E-state index in [1.54, 1.807) is 24.3 Å². The van der Waals surface area contributed by atoms with Crippen molar-refractivity contribution in [3.63, 3.8) is 0 Å². The molecule has 148 valence electrons. The van der Waals surface area contributed by atoms with E-state index in [2.05, 4.69) is 26.1 Å². The molecule has 1 heterocycles. The highest BCUT2D eigenvalue weighted by atomic mass is 79.9. The first-order valence-electron chi connectivity index (χ1n) is 9.11. The molecule has 4 rings (SSSR count). The zero-order valence-corrected chi connectivity index (χ0v) is 18.7. The molecule has 0 bridgehead atoms. The van der Waals surface area contributed by atoms with Gasteiger partial charge in [0.15, 0.2) is 0 Å². The van der Waals surface area contributed by atoms with Crippen molar-refractivity contribution in [2.24, 2.45) is 0 Å². The Hall–Kier alpha value is -2.51. The standard InChI is InChI=1S/C22H20BrN3O2S/c1-22(2,3)17-5-4-6-20(21(17)27)26-24-18-12-11-16(13-19(18)25-26)29(28)15-9-7-14(23)8-10-15/h4-13,27H,1-3H3. The number of phenols is 1. The molecule has 3 aromatic carbocycles. The Labute approximate surface area is 180 Å². The maximum atomic E-state index is 12.9. The van der Waals surface area contributed by atoms with Crippen LogP contribution >= 0.6 is 15.9 Å². The molecule has 1 unspecified atom stereocenters. The third-order valence-corrected chi connectivity index (χ3v) is 6.54. The molecule has 1 atom stereocenters. The Balaban J connectivity index is 1.75. The summed E-state index contributed by atoms with van der Waals surface area (Å²) in [6, 6.07) is 18.3. The van der Waals surface area contributed by atoms with Crippen LogP contribution in [0.1, 0.15) is 26.3 Å². The van der Waals surface area contributed by atoms with Gasteiger partial charge in [-0.1, -0.05) is 48.8 Å². The van der Waals surface area contributed by atoms with Crippen molar-refractivity contribution >= 4 is 37.8 Å². The molecule has 0 aliphatic rings. The number of hydrogen-bond acceptors (Lipinski definition) is 4. The van der Waals surface area contributed by atoms with Gasteiger partial charge in [-0.2, -0.15) is 0 Å². The molecule has 1 aromatic heterocycles. The van der Waals surface area contributed by atoms with E-state index in [0.717, 1.165) is 14.9 Å². The summed E-state index contributed by atoms with van der Waals surface area (Å²) >= 11 is 3.39. The first-order chi connectivity index (χ1) is 13.7. The van der Waals surface area contributed by atoms with E-state index in [1.807, 2.05) is 57.2 Å². The lowest BCUT2D eigenvalue weighted by Crippen LogP contribution is -2.12. The van der Waals surface area contributed by atoms with E-state index >= 15 is 0 Å². The van der Waals surface area contributed by atoms with Gasteiger partial charge in [0, 0.05) is 19.8 Å². The lowest BCUT2D eigenvalue weighted by molar-refractivity contribution is 0.440. The van der Waals surface area contributed by atoms with Gasteiger partial charge in [-0.25, -0.2) is 4.21 Å². The third-order valence-electron chi connectivity index (χ3n) is 4.63. The van der Waals surface area contributed by atoms with Crippen LogP contribution in [0.25, 0.3) is 16.7 Å². The third kappa shape index (κ3) is 3.84. The van der Waals surface area contributed by atoms with Gasteiger partial charge in [0.2, 0.25) is 0 Å². The summed E-state index contributed by atoms with van der Waals surface area (Å²) in [4.78, 5) is 2.80. The second-order valence-electron chi connectivity index (χ2n) is 7.79. The zero-order chi connectivity index (χ0) is 20.8. The highest BCUT2D eigenvalue weighted by molar-refractivity contribution is 9.10. The lowest BCUT2D eigenvalue weighted by atomic mass is 9.86. The second-order valence-corrected chi connectivity index (χ2v) is 10.2. The molecule has 0 amide bonds. The summed E-state index contributed by atoms with van der Waals surface area (Å²) in [5.41, 5.74) is 2.43. The van der Waals surface area contributed by atoms with E-state index in [4.69, 9.17) is 0 Å². The van der Waals surface area contributed by atoms with Crippen LogP contribution in [0.4, 0.5) is 0 Å². The van der Waals surface area contributed by atoms with E-state index in [0.29, 0.717) is 21.6 Å². The molecular weight excluding hydrogens is 450 g/mol. The summed E-state index contributed by atoms with van der Waals surface area (Å²) in [7, 11) is -1.31. The van der Waals surface area contributed by atoms with Crippen molar-refractivity contribution in [3.8, 4) is 11.4 Å². The van der Waals surface area contributed by atoms with Gasteiger partial charge in [0.05, 0.1) is 10.8 Å². The Morgan fingerprint density at radius 2 is 1.59 bits per heavy atom. The normalized spacial score (nSPS) is 13.0. The molecule has 0 aliphatic carbocycles. The van der Waals surface area contributed by atoms with Gasteiger partial charge < -0.3 is 5.11 Å². The number of aromatic hydroxyl groups is 1. The van der Waals surface area contributed by atoms with Crippen molar-refractivity contribution in [1.29, 1.82) is 0 Å². The van der Waals surface area contributed by atoms with E-state index in [9.17, 15) is 9.32 Å². The first kappa shape index (κ1) is 19.8. The predicted molar refractivity (Wildman–Crippen MR) is 118 cm³/mol. The van der Waals surface area contributed by atoms with E-state index in [1.165, 1.54) is 4.80 Å². The van der Waals surface area contributed by atoms with E-state index < -0.39 is 10.8 Å². The summed E-state index contributed by atoms with van der Waals surface area (Å²) < 4.78 is 13.8. The molecule has 4 aromatic rings. The van der Waals surface area contributed by atoms with Gasteiger partial charge in [-0.05, 0) is 53.9 Å². The predicted octanol–water partition coefficient (Wildman–Crippen LogP) is 5.35. The van der Waals surface area contributed by atoms with Crippen LogP contribution in [0.2, 0.25) is 0 Å². The minimum absolute atomic E-state index is 0.166. The molecule has 0 saturated heterocycles. The summed E-state index contributed by atoms with van der Waals surface area (Å²) in [6.45, 7) is 6.13. The van der Waals surface area contributed by atoms with Crippen LogP contribution in [0, 0.1) is 0 Å². The van der Waals surface area contributed by atoms with Crippen molar-refractivity contribution in [3.05, 3.63) is 70.7 Å². The fourth-order valence-corrected chi connectivity index (χ4v) is 4.44. The maximum absolute atomic E-state index is 12.9. The smallest absolute Gasteiger partial charge is 0.146 e. The largest absolute Gasteiger partial charge is 0.505 e. The fraction of sp³-hybridized carbons (Fsp3) is 0.182. The number of hydrogen-bond donors (Lipinski definition) is 1. The summed E-state index contributed by atoms with van der Waals surface area (Å²) in [5, 5.41) is 19.8. The van der Waals surface area contributed by atoms with Gasteiger partial charge in [0.1, 0.15) is 22.5 Å². The van der Waals surface area contributed by atoms with Crippen LogP contribution in [-0.4, -0.2) is 24.3 Å². The molecule has 7 heteroatoms. The number of phenolic OH excluding ortho intramolecular Hbond substituents is 1. The SMILES string of the molecule is CC(C)(C)c1cccc(-n2nc3ccc(S(=O)c4ccc(Br)cc4)cc3n2)c1O. The number of para-hydroxylation sites is 1. The van der Waals surface area contributed by atoms with Gasteiger partial charge in [-0.15, -0.1) is 15.0 Å². The Bertz CT molecular complexity index is 1230. The average Bonchev–Trinajstić information content (AvgIpc) is 3.10. The van der Waals surface area contributed by atoms with Gasteiger partial charge >= 0.3 is 0 Å². The minimum atomic E-state index is -1.31. The van der Waals surface area contributed by atoms with Crippen LogP contribution in [-0.2, 0) is 16.2 Å². The Kier molecular flexibility index (Phi) is 5.04. The second kappa shape index (κ2) is 7.39. The number of nitrogens with zero attached hydrogens (tertiary/aromatic N) is 3. The summed E-state index contributed by atoms with van der Waals surface area (Å²) in [6.07, 6.45) is 0. The minimum Gasteiger partial charge on any atom is -0.505 e. The van der Waals surface area contributed by atoms with Crippen molar-refractivity contribution < 1.29 is 9.32 Å². The Morgan fingerprint density at radius 3 is 2.28 bits per heavy atom. The van der Waals surface area contributed by atoms with Crippen LogP contribution in [0.5, 0.6) is 5.75 Å². The molecule has 0 fully saturated rings. The van der Waals surface area contributed by atoms with Gasteiger partial charge in [0.25, 0.3) is 0 Å². The number of halogens is 1. The van der Waals surface area contributed by atoms with Crippen LogP contribution in [0.3, 0.4) is 0 Å². The number of aromatic nitrogens is 3. The fourth-order valence-electron chi connectivity index (χ4n) is 3.11. The van der Waals surface area contributed by atoms with E-state index in [-0.39, 0.29) is 11.2 Å². The summed E-state index contributed by atoms with van der Waals surface area (Å²) in [5.74, 6) is 0.166. The van der Waals surface area contributed by atoms with Crippen molar-refractivity contribution in [2.75, 3.05) is 0 Å². The monoisotopic (exact) mass is 469 g/mol. The molecule has 0 saturated carbocycles. The van der Waals surface area contributed by atoms with Crippen LogP contribution in [0.15, 0.2) is 74.9 Å². The maximum Gasteiger partial charge on any atom is 0.146 e. The quantitative estimate of drug-likeness (QED) is 0.438. The zero-order valence-electron chi connectivity index (χ0n) is 16.3. The number of benzene rings is 3.